The molecular weight excluding hydrogens is 244 g/mol. The van der Waals surface area contributed by atoms with Gasteiger partial charge in [0.05, 0.1) is 18.8 Å². The van der Waals surface area contributed by atoms with Crippen LogP contribution in [0.4, 0.5) is 0 Å². The van der Waals surface area contributed by atoms with Crippen molar-refractivity contribution in [1.29, 1.82) is 0 Å². The average molecular weight is 264 g/mol. The zero-order valence-corrected chi connectivity index (χ0v) is 12.0. The summed E-state index contributed by atoms with van der Waals surface area (Å²) < 4.78 is 2.17. The van der Waals surface area contributed by atoms with Gasteiger partial charge in [-0.2, -0.15) is 0 Å². The highest BCUT2D eigenvalue weighted by molar-refractivity contribution is 7.11. The summed E-state index contributed by atoms with van der Waals surface area (Å²) in [5.41, 5.74) is 1.14. The zero-order valence-electron chi connectivity index (χ0n) is 11.2. The summed E-state index contributed by atoms with van der Waals surface area (Å²) in [4.78, 5) is 10.3. The summed E-state index contributed by atoms with van der Waals surface area (Å²) in [5, 5.41) is 4.53. The van der Waals surface area contributed by atoms with Crippen LogP contribution in [0.1, 0.15) is 34.7 Å². The summed E-state index contributed by atoms with van der Waals surface area (Å²) >= 11 is 1.77. The van der Waals surface area contributed by atoms with E-state index in [1.165, 1.54) is 4.88 Å². The van der Waals surface area contributed by atoms with Gasteiger partial charge in [0.1, 0.15) is 10.8 Å². The van der Waals surface area contributed by atoms with Gasteiger partial charge in [0, 0.05) is 17.3 Å². The Morgan fingerprint density at radius 3 is 2.89 bits per heavy atom. The first-order valence-corrected chi connectivity index (χ1v) is 7.16. The van der Waals surface area contributed by atoms with Crippen LogP contribution in [0.3, 0.4) is 0 Å². The molecule has 2 aromatic rings. The number of thiazole rings is 1. The molecule has 1 N–H and O–H groups in total. The Hall–Kier alpha value is -1.20. The predicted octanol–water partition coefficient (Wildman–Crippen LogP) is 2.50. The van der Waals surface area contributed by atoms with Gasteiger partial charge >= 0.3 is 0 Å². The summed E-state index contributed by atoms with van der Waals surface area (Å²) in [6.07, 6.45) is 5.02. The predicted molar refractivity (Wildman–Crippen MR) is 74.9 cm³/mol. The number of rotatable bonds is 6. The van der Waals surface area contributed by atoms with Crippen LogP contribution in [0.25, 0.3) is 0 Å². The average Bonchev–Trinajstić information content (AvgIpc) is 2.88. The van der Waals surface area contributed by atoms with Gasteiger partial charge in [0.15, 0.2) is 0 Å². The highest BCUT2D eigenvalue weighted by Crippen LogP contribution is 2.17. The van der Waals surface area contributed by atoms with E-state index in [4.69, 9.17) is 0 Å². The maximum atomic E-state index is 4.57. The van der Waals surface area contributed by atoms with Crippen molar-refractivity contribution >= 4 is 11.3 Å². The molecule has 0 unspecified atom stereocenters. The molecule has 0 atom stereocenters. The minimum Gasteiger partial charge on any atom is -0.327 e. The Morgan fingerprint density at radius 2 is 2.22 bits per heavy atom. The lowest BCUT2D eigenvalue weighted by Crippen LogP contribution is -2.17. The van der Waals surface area contributed by atoms with Crippen molar-refractivity contribution in [2.75, 3.05) is 6.54 Å². The second-order valence-electron chi connectivity index (χ2n) is 4.40. The van der Waals surface area contributed by atoms with Crippen molar-refractivity contribution in [3.63, 3.8) is 0 Å². The molecule has 0 radical (unpaired) electrons. The number of hydrogen-bond donors (Lipinski definition) is 1. The van der Waals surface area contributed by atoms with Gasteiger partial charge in [-0.1, -0.05) is 6.92 Å². The van der Waals surface area contributed by atoms with Crippen LogP contribution >= 0.6 is 11.3 Å². The fraction of sp³-hybridized carbons (Fsp3) is 0.538. The molecule has 0 aromatic carbocycles. The van der Waals surface area contributed by atoms with Crippen molar-refractivity contribution in [3.8, 4) is 0 Å². The van der Waals surface area contributed by atoms with Crippen LogP contribution in [0.15, 0.2) is 12.4 Å². The van der Waals surface area contributed by atoms with Crippen molar-refractivity contribution in [1.82, 2.24) is 19.9 Å². The van der Waals surface area contributed by atoms with E-state index in [-0.39, 0.29) is 0 Å². The maximum absolute atomic E-state index is 4.57. The molecular formula is C13H20N4S. The molecule has 98 valence electrons. The van der Waals surface area contributed by atoms with E-state index < -0.39 is 0 Å². The third kappa shape index (κ3) is 3.17. The molecule has 0 aliphatic carbocycles. The molecule has 2 rings (SSSR count). The van der Waals surface area contributed by atoms with E-state index in [0.29, 0.717) is 0 Å². The van der Waals surface area contributed by atoms with E-state index >= 15 is 0 Å². The molecule has 0 amide bonds. The van der Waals surface area contributed by atoms with Crippen LogP contribution < -0.4 is 5.32 Å². The minimum atomic E-state index is 0.822. The highest BCUT2D eigenvalue weighted by Gasteiger charge is 2.07. The van der Waals surface area contributed by atoms with Gasteiger partial charge in [0.25, 0.3) is 0 Å². The smallest absolute Gasteiger partial charge is 0.123 e. The van der Waals surface area contributed by atoms with Crippen LogP contribution in [-0.2, 0) is 13.1 Å². The molecule has 0 spiro atoms. The largest absolute Gasteiger partial charge is 0.327 e. The standard InChI is InChI=1S/C13H20N4S/c1-4-5-14-8-12-15-6-7-17(12)9-13-16-10(2)11(3)18-13/h6-7,14H,4-5,8-9H2,1-3H3. The number of nitrogens with one attached hydrogen (secondary N) is 1. The molecule has 0 aliphatic heterocycles. The summed E-state index contributed by atoms with van der Waals surface area (Å²) in [6, 6.07) is 0. The first-order chi connectivity index (χ1) is 8.70. The summed E-state index contributed by atoms with van der Waals surface area (Å²) in [6.45, 7) is 9.02. The monoisotopic (exact) mass is 264 g/mol. The van der Waals surface area contributed by atoms with Gasteiger partial charge in [0.2, 0.25) is 0 Å². The Labute approximate surface area is 112 Å². The molecule has 0 saturated heterocycles. The van der Waals surface area contributed by atoms with Crippen LogP contribution in [-0.4, -0.2) is 21.1 Å². The molecule has 18 heavy (non-hydrogen) atoms. The molecule has 2 heterocycles. The highest BCUT2D eigenvalue weighted by atomic mass is 32.1. The van der Waals surface area contributed by atoms with Crippen LogP contribution in [0.5, 0.6) is 0 Å². The lowest BCUT2D eigenvalue weighted by molar-refractivity contribution is 0.614. The Balaban J connectivity index is 2.02. The van der Waals surface area contributed by atoms with Crippen LogP contribution in [0, 0.1) is 13.8 Å². The van der Waals surface area contributed by atoms with Gasteiger partial charge in [-0.05, 0) is 26.8 Å². The topological polar surface area (TPSA) is 42.7 Å². The number of aromatic nitrogens is 3. The Kier molecular flexibility index (Phi) is 4.49. The normalized spacial score (nSPS) is 11.1. The fourth-order valence-electron chi connectivity index (χ4n) is 1.78. The van der Waals surface area contributed by atoms with Gasteiger partial charge in [-0.3, -0.25) is 0 Å². The van der Waals surface area contributed by atoms with E-state index in [9.17, 15) is 0 Å². The SMILES string of the molecule is CCCNCc1nccn1Cc1nc(C)c(C)s1. The number of aryl methyl sites for hydroxylation is 2. The quantitative estimate of drug-likeness (QED) is 0.815. The lowest BCUT2D eigenvalue weighted by atomic mass is 10.4. The molecule has 4 nitrogen and oxygen atoms in total. The van der Waals surface area contributed by atoms with Crippen molar-refractivity contribution in [2.45, 2.75) is 40.3 Å². The van der Waals surface area contributed by atoms with Gasteiger partial charge in [-0.15, -0.1) is 11.3 Å². The van der Waals surface area contributed by atoms with E-state index in [0.717, 1.165) is 42.6 Å². The van der Waals surface area contributed by atoms with E-state index in [1.807, 2.05) is 12.4 Å². The third-order valence-corrected chi connectivity index (χ3v) is 3.95. The summed E-state index contributed by atoms with van der Waals surface area (Å²) in [5.74, 6) is 1.08. The van der Waals surface area contributed by atoms with Crippen LogP contribution in [0.2, 0.25) is 0 Å². The fourth-order valence-corrected chi connectivity index (χ4v) is 2.71. The molecule has 2 aromatic heterocycles. The van der Waals surface area contributed by atoms with Gasteiger partial charge < -0.3 is 9.88 Å². The van der Waals surface area contributed by atoms with Crippen molar-refractivity contribution < 1.29 is 0 Å². The lowest BCUT2D eigenvalue weighted by Gasteiger charge is -2.06. The molecule has 0 fully saturated rings. The molecule has 0 bridgehead atoms. The van der Waals surface area contributed by atoms with E-state index in [1.54, 1.807) is 11.3 Å². The maximum Gasteiger partial charge on any atom is 0.123 e. The molecule has 0 saturated carbocycles. The second-order valence-corrected chi connectivity index (χ2v) is 5.69. The van der Waals surface area contributed by atoms with Crippen molar-refractivity contribution in [2.24, 2.45) is 0 Å². The van der Waals surface area contributed by atoms with Crippen molar-refractivity contribution in [3.05, 3.63) is 33.8 Å². The van der Waals surface area contributed by atoms with E-state index in [2.05, 4.69) is 40.6 Å². The van der Waals surface area contributed by atoms with Gasteiger partial charge in [-0.25, -0.2) is 9.97 Å². The third-order valence-electron chi connectivity index (χ3n) is 2.89. The molecule has 5 heteroatoms. The Morgan fingerprint density at radius 1 is 1.39 bits per heavy atom. The summed E-state index contributed by atoms with van der Waals surface area (Å²) in [7, 11) is 0. The number of imidazole rings is 1. The zero-order chi connectivity index (χ0) is 13.0. The number of hydrogen-bond acceptors (Lipinski definition) is 4. The minimum absolute atomic E-state index is 0.822. The second kappa shape index (κ2) is 6.11. The number of nitrogens with zero attached hydrogens (tertiary/aromatic N) is 3. The first kappa shape index (κ1) is 13.2. The molecule has 0 aliphatic rings. The first-order valence-electron chi connectivity index (χ1n) is 6.34. The Bertz CT molecular complexity index is 481.